The van der Waals surface area contributed by atoms with E-state index in [-0.39, 0.29) is 0 Å². The van der Waals surface area contributed by atoms with Gasteiger partial charge >= 0.3 is 0 Å². The van der Waals surface area contributed by atoms with Crippen LogP contribution in [-0.2, 0) is 24.4 Å². The zero-order valence-corrected chi connectivity index (χ0v) is 12.1. The van der Waals surface area contributed by atoms with Gasteiger partial charge in [0.05, 0.1) is 25.4 Å². The number of hydrogen-bond donors (Lipinski definition) is 0. The van der Waals surface area contributed by atoms with Crippen LogP contribution in [-0.4, -0.2) is 55.5 Å². The number of fused-ring (bicyclic) bond motifs is 1. The van der Waals surface area contributed by atoms with Gasteiger partial charge in [0.1, 0.15) is 18.5 Å². The van der Waals surface area contributed by atoms with Crippen molar-refractivity contribution < 1.29 is 4.74 Å². The van der Waals surface area contributed by atoms with Crippen molar-refractivity contribution in [2.45, 2.75) is 26.1 Å². The fraction of sp³-hybridized carbons (Fsp3) is 0.643. The Morgan fingerprint density at radius 3 is 3.14 bits per heavy atom. The Bertz CT molecular complexity index is 587. The first-order valence-electron chi connectivity index (χ1n) is 7.54. The molecule has 0 amide bonds. The second-order valence-corrected chi connectivity index (χ2v) is 5.90. The largest absolute Gasteiger partial charge is 0.381 e. The van der Waals surface area contributed by atoms with Gasteiger partial charge in [-0.3, -0.25) is 4.90 Å². The molecule has 0 N–H and O–H groups in total. The zero-order chi connectivity index (χ0) is 14.1. The average molecular weight is 288 g/mol. The van der Waals surface area contributed by atoms with E-state index >= 15 is 0 Å². The lowest BCUT2D eigenvalue weighted by molar-refractivity contribution is 0.152. The van der Waals surface area contributed by atoms with Crippen molar-refractivity contribution in [1.82, 2.24) is 29.2 Å². The second-order valence-electron chi connectivity index (χ2n) is 5.90. The van der Waals surface area contributed by atoms with Crippen LogP contribution in [0.25, 0.3) is 0 Å². The van der Waals surface area contributed by atoms with Gasteiger partial charge in [-0.25, -0.2) is 14.6 Å². The quantitative estimate of drug-likeness (QED) is 0.814. The van der Waals surface area contributed by atoms with Gasteiger partial charge in [0.25, 0.3) is 0 Å². The van der Waals surface area contributed by atoms with E-state index in [0.717, 1.165) is 50.9 Å². The Labute approximate surface area is 123 Å². The summed E-state index contributed by atoms with van der Waals surface area (Å²) >= 11 is 0. The number of rotatable bonds is 4. The first kappa shape index (κ1) is 13.0. The molecule has 2 aliphatic rings. The van der Waals surface area contributed by atoms with Crippen LogP contribution in [0.15, 0.2) is 18.9 Å². The lowest BCUT2D eigenvalue weighted by Crippen LogP contribution is -2.37. The average Bonchev–Trinajstić information content (AvgIpc) is 3.19. The molecule has 0 radical (unpaired) electrons. The predicted molar refractivity (Wildman–Crippen MR) is 75.6 cm³/mol. The highest BCUT2D eigenvalue weighted by Crippen LogP contribution is 2.18. The van der Waals surface area contributed by atoms with Gasteiger partial charge in [-0.2, -0.15) is 5.10 Å². The van der Waals surface area contributed by atoms with Crippen molar-refractivity contribution in [3.63, 3.8) is 0 Å². The van der Waals surface area contributed by atoms with Gasteiger partial charge in [-0.15, -0.1) is 0 Å². The van der Waals surface area contributed by atoms with E-state index < -0.39 is 0 Å². The Morgan fingerprint density at radius 2 is 2.33 bits per heavy atom. The third-order valence-corrected chi connectivity index (χ3v) is 4.26. The molecule has 0 aromatic carbocycles. The van der Waals surface area contributed by atoms with E-state index in [1.807, 2.05) is 4.68 Å². The Kier molecular flexibility index (Phi) is 3.44. The van der Waals surface area contributed by atoms with Crippen molar-refractivity contribution >= 4 is 0 Å². The maximum Gasteiger partial charge on any atom is 0.137 e. The van der Waals surface area contributed by atoms with E-state index in [1.54, 1.807) is 12.7 Å². The maximum atomic E-state index is 5.47. The molecule has 0 spiro atoms. The van der Waals surface area contributed by atoms with Gasteiger partial charge in [0.2, 0.25) is 0 Å². The minimum Gasteiger partial charge on any atom is -0.381 e. The van der Waals surface area contributed by atoms with Crippen LogP contribution in [0, 0.1) is 5.92 Å². The molecule has 7 heteroatoms. The molecule has 0 saturated carbocycles. The monoisotopic (exact) mass is 288 g/mol. The number of nitrogens with zero attached hydrogens (tertiary/aromatic N) is 6. The summed E-state index contributed by atoms with van der Waals surface area (Å²) in [7, 11) is 0. The SMILES string of the molecule is c1ncn(Cc2cn3c(n2)CN(C[C@H]2CCOC2)CC3)n1. The maximum absolute atomic E-state index is 5.47. The molecule has 0 aliphatic carbocycles. The topological polar surface area (TPSA) is 61.0 Å². The van der Waals surface area contributed by atoms with Crippen molar-refractivity contribution in [2.24, 2.45) is 5.92 Å². The lowest BCUT2D eigenvalue weighted by Gasteiger charge is -2.29. The Morgan fingerprint density at radius 1 is 1.33 bits per heavy atom. The molecule has 4 heterocycles. The van der Waals surface area contributed by atoms with E-state index in [0.29, 0.717) is 12.5 Å². The third kappa shape index (κ3) is 2.84. The molecule has 112 valence electrons. The van der Waals surface area contributed by atoms with Crippen LogP contribution >= 0.6 is 0 Å². The molecule has 7 nitrogen and oxygen atoms in total. The highest BCUT2D eigenvalue weighted by molar-refractivity contribution is 5.06. The molecule has 1 fully saturated rings. The Hall–Kier alpha value is -1.73. The summed E-state index contributed by atoms with van der Waals surface area (Å²) in [5.41, 5.74) is 1.06. The summed E-state index contributed by atoms with van der Waals surface area (Å²) < 4.78 is 9.55. The smallest absolute Gasteiger partial charge is 0.137 e. The summed E-state index contributed by atoms with van der Waals surface area (Å²) in [5.74, 6) is 1.86. The molecule has 0 bridgehead atoms. The number of aromatic nitrogens is 5. The standard InChI is InChI=1S/C14H20N6O/c1-4-21-9-12(1)5-18-2-3-19-6-13(17-14(19)8-18)7-20-11-15-10-16-20/h6,10-12H,1-5,7-9H2/t12-/m1/s1. The van der Waals surface area contributed by atoms with Crippen LogP contribution < -0.4 is 0 Å². The summed E-state index contributed by atoms with van der Waals surface area (Å²) in [4.78, 5) is 11.2. The predicted octanol–water partition coefficient (Wildman–Crippen LogP) is 0.375. The molecule has 0 unspecified atom stereocenters. The van der Waals surface area contributed by atoms with Crippen molar-refractivity contribution in [3.8, 4) is 0 Å². The lowest BCUT2D eigenvalue weighted by atomic mass is 10.1. The first-order valence-corrected chi connectivity index (χ1v) is 7.54. The molecule has 2 aromatic rings. The fourth-order valence-electron chi connectivity index (χ4n) is 3.17. The van der Waals surface area contributed by atoms with Gasteiger partial charge in [0.15, 0.2) is 0 Å². The van der Waals surface area contributed by atoms with Gasteiger partial charge in [0, 0.05) is 32.4 Å². The molecule has 1 saturated heterocycles. The third-order valence-electron chi connectivity index (χ3n) is 4.26. The zero-order valence-electron chi connectivity index (χ0n) is 12.1. The summed E-state index contributed by atoms with van der Waals surface area (Å²) in [6.07, 6.45) is 6.63. The van der Waals surface area contributed by atoms with Gasteiger partial charge < -0.3 is 9.30 Å². The highest BCUT2D eigenvalue weighted by atomic mass is 16.5. The van der Waals surface area contributed by atoms with E-state index in [1.165, 1.54) is 6.42 Å². The van der Waals surface area contributed by atoms with Crippen LogP contribution in [0.1, 0.15) is 17.9 Å². The fourth-order valence-corrected chi connectivity index (χ4v) is 3.17. The molecule has 2 aromatic heterocycles. The summed E-state index contributed by atoms with van der Waals surface area (Å²) in [6.45, 7) is 6.73. The highest BCUT2D eigenvalue weighted by Gasteiger charge is 2.23. The van der Waals surface area contributed by atoms with Crippen molar-refractivity contribution in [3.05, 3.63) is 30.4 Å². The minimum absolute atomic E-state index is 0.691. The minimum atomic E-state index is 0.691. The van der Waals surface area contributed by atoms with E-state index in [4.69, 9.17) is 9.72 Å². The molecular weight excluding hydrogens is 268 g/mol. The molecule has 4 rings (SSSR count). The normalized spacial score (nSPS) is 22.6. The number of hydrogen-bond acceptors (Lipinski definition) is 5. The van der Waals surface area contributed by atoms with Crippen LogP contribution in [0.4, 0.5) is 0 Å². The van der Waals surface area contributed by atoms with Crippen LogP contribution in [0.2, 0.25) is 0 Å². The van der Waals surface area contributed by atoms with Crippen molar-refractivity contribution in [1.29, 1.82) is 0 Å². The van der Waals surface area contributed by atoms with E-state index in [9.17, 15) is 0 Å². The first-order chi connectivity index (χ1) is 10.4. The van der Waals surface area contributed by atoms with Gasteiger partial charge in [-0.05, 0) is 12.3 Å². The Balaban J connectivity index is 1.41. The molecular formula is C14H20N6O. The summed E-state index contributed by atoms with van der Waals surface area (Å²) in [6, 6.07) is 0. The summed E-state index contributed by atoms with van der Waals surface area (Å²) in [5, 5.41) is 4.13. The molecule has 2 aliphatic heterocycles. The second kappa shape index (κ2) is 5.57. The number of ether oxygens (including phenoxy) is 1. The molecule has 21 heavy (non-hydrogen) atoms. The van der Waals surface area contributed by atoms with Gasteiger partial charge in [-0.1, -0.05) is 0 Å². The molecule has 1 atom stereocenters. The van der Waals surface area contributed by atoms with Crippen molar-refractivity contribution in [2.75, 3.05) is 26.3 Å². The van der Waals surface area contributed by atoms with E-state index in [2.05, 4.69) is 25.7 Å². The van der Waals surface area contributed by atoms with Crippen LogP contribution in [0.5, 0.6) is 0 Å². The number of imidazole rings is 1. The van der Waals surface area contributed by atoms with Crippen LogP contribution in [0.3, 0.4) is 0 Å².